The summed E-state index contributed by atoms with van der Waals surface area (Å²) >= 11 is 0. The van der Waals surface area contributed by atoms with Crippen LogP contribution in [0.2, 0.25) is 0 Å². The first-order valence-corrected chi connectivity index (χ1v) is 12.1. The Morgan fingerprint density at radius 1 is 1.06 bits per heavy atom. The number of carboxylic acid groups (broad SMARTS) is 1. The van der Waals surface area contributed by atoms with Crippen LogP contribution in [-0.2, 0) is 14.3 Å². The molecule has 2 aromatic rings. The van der Waals surface area contributed by atoms with Crippen molar-refractivity contribution in [3.63, 3.8) is 0 Å². The monoisotopic (exact) mass is 464 g/mol. The maximum Gasteiger partial charge on any atom is 0.407 e. The molecule has 1 fully saturated rings. The zero-order valence-electron chi connectivity index (χ0n) is 19.5. The number of nitrogens with zero attached hydrogens (tertiary/aromatic N) is 1. The Labute approximate surface area is 200 Å². The van der Waals surface area contributed by atoms with E-state index < -0.39 is 12.1 Å². The second-order valence-electron chi connectivity index (χ2n) is 9.12. The van der Waals surface area contributed by atoms with Crippen LogP contribution in [0.5, 0.6) is 0 Å². The summed E-state index contributed by atoms with van der Waals surface area (Å²) < 4.78 is 5.64. The zero-order chi connectivity index (χ0) is 24.1. The molecule has 2 aliphatic rings. The molecule has 0 aliphatic heterocycles. The predicted molar refractivity (Wildman–Crippen MR) is 129 cm³/mol. The molecule has 1 saturated carbocycles. The van der Waals surface area contributed by atoms with E-state index in [1.165, 1.54) is 11.1 Å². The van der Waals surface area contributed by atoms with Crippen LogP contribution < -0.4 is 5.32 Å². The van der Waals surface area contributed by atoms with Gasteiger partial charge in [-0.05, 0) is 41.5 Å². The van der Waals surface area contributed by atoms with Crippen molar-refractivity contribution in [3.05, 3.63) is 59.7 Å². The highest BCUT2D eigenvalue weighted by Gasteiger charge is 2.34. The molecule has 0 spiro atoms. The van der Waals surface area contributed by atoms with Gasteiger partial charge in [0.15, 0.2) is 0 Å². The zero-order valence-corrected chi connectivity index (χ0v) is 19.5. The topological polar surface area (TPSA) is 95.9 Å². The Hall–Kier alpha value is -3.35. The number of carboxylic acids is 1. The van der Waals surface area contributed by atoms with E-state index in [9.17, 15) is 14.4 Å². The van der Waals surface area contributed by atoms with Crippen molar-refractivity contribution in [2.75, 3.05) is 13.2 Å². The number of hydrogen-bond acceptors (Lipinski definition) is 4. The Kier molecular flexibility index (Phi) is 7.50. The van der Waals surface area contributed by atoms with Crippen LogP contribution >= 0.6 is 0 Å². The Morgan fingerprint density at radius 3 is 2.24 bits per heavy atom. The second-order valence-corrected chi connectivity index (χ2v) is 9.12. The minimum atomic E-state index is -0.916. The van der Waals surface area contributed by atoms with Gasteiger partial charge in [-0.3, -0.25) is 9.59 Å². The maximum absolute atomic E-state index is 12.9. The van der Waals surface area contributed by atoms with Gasteiger partial charge in [-0.25, -0.2) is 4.79 Å². The summed E-state index contributed by atoms with van der Waals surface area (Å²) in [5, 5.41) is 11.9. The SMILES string of the molecule is CCC[C@H](CC(=O)N(CCC(=O)O)C1CC1)NC(=O)OCC1c2ccccc2-c2ccccc21. The first-order valence-electron chi connectivity index (χ1n) is 12.1. The first-order chi connectivity index (χ1) is 16.5. The lowest BCUT2D eigenvalue weighted by atomic mass is 9.98. The minimum absolute atomic E-state index is 0.0224. The number of hydrogen-bond donors (Lipinski definition) is 2. The molecule has 0 aromatic heterocycles. The standard InChI is InChI=1S/C27H32N2O5/c1-2-7-18(16-25(30)29(19-12-13-19)15-14-26(31)32)28-27(33)34-17-24-22-10-5-3-8-20(22)21-9-4-6-11-23(21)24/h3-6,8-11,18-19,24H,2,7,12-17H2,1H3,(H,28,33)(H,31,32)/t18-/m1/s1. The minimum Gasteiger partial charge on any atom is -0.481 e. The normalized spacial score (nSPS) is 15.2. The Morgan fingerprint density at radius 2 is 1.68 bits per heavy atom. The highest BCUT2D eigenvalue weighted by molar-refractivity contribution is 5.80. The summed E-state index contributed by atoms with van der Waals surface area (Å²) in [7, 11) is 0. The molecular formula is C27H32N2O5. The number of ether oxygens (including phenoxy) is 1. The number of benzene rings is 2. The molecule has 0 heterocycles. The lowest BCUT2D eigenvalue weighted by molar-refractivity contribution is -0.138. The fraction of sp³-hybridized carbons (Fsp3) is 0.444. The van der Waals surface area contributed by atoms with E-state index in [2.05, 4.69) is 29.6 Å². The molecule has 2 aliphatic carbocycles. The van der Waals surface area contributed by atoms with Crippen molar-refractivity contribution in [2.24, 2.45) is 0 Å². The van der Waals surface area contributed by atoms with Gasteiger partial charge < -0.3 is 20.1 Å². The fourth-order valence-electron chi connectivity index (χ4n) is 4.82. The van der Waals surface area contributed by atoms with E-state index in [0.29, 0.717) is 6.42 Å². The third-order valence-electron chi connectivity index (χ3n) is 6.60. The highest BCUT2D eigenvalue weighted by Crippen LogP contribution is 2.44. The van der Waals surface area contributed by atoms with Crippen molar-refractivity contribution < 1.29 is 24.2 Å². The van der Waals surface area contributed by atoms with E-state index in [1.807, 2.05) is 31.2 Å². The molecule has 180 valence electrons. The van der Waals surface area contributed by atoms with E-state index in [4.69, 9.17) is 9.84 Å². The summed E-state index contributed by atoms with van der Waals surface area (Å²) in [4.78, 5) is 38.2. The highest BCUT2D eigenvalue weighted by atomic mass is 16.5. The molecule has 0 bridgehead atoms. The lowest BCUT2D eigenvalue weighted by Crippen LogP contribution is -2.42. The number of carbonyl (C=O) groups excluding carboxylic acids is 2. The van der Waals surface area contributed by atoms with Gasteiger partial charge in [-0.2, -0.15) is 0 Å². The number of alkyl carbamates (subject to hydrolysis) is 1. The summed E-state index contributed by atoms with van der Waals surface area (Å²) in [6.07, 6.45) is 2.81. The molecule has 4 rings (SSSR count). The predicted octanol–water partition coefficient (Wildman–Crippen LogP) is 4.55. The molecule has 1 atom stereocenters. The van der Waals surface area contributed by atoms with Crippen LogP contribution in [0.15, 0.2) is 48.5 Å². The van der Waals surface area contributed by atoms with E-state index in [1.54, 1.807) is 4.90 Å². The number of rotatable bonds is 11. The molecule has 2 N–H and O–H groups in total. The maximum atomic E-state index is 12.9. The van der Waals surface area contributed by atoms with Gasteiger partial charge in [0.25, 0.3) is 0 Å². The number of carbonyl (C=O) groups is 3. The summed E-state index contributed by atoms with van der Waals surface area (Å²) in [6.45, 7) is 2.43. The third-order valence-corrected chi connectivity index (χ3v) is 6.60. The summed E-state index contributed by atoms with van der Waals surface area (Å²) in [6, 6.07) is 16.1. The molecule has 34 heavy (non-hydrogen) atoms. The number of aliphatic carboxylic acids is 1. The van der Waals surface area contributed by atoms with Gasteiger partial charge in [0.1, 0.15) is 6.61 Å². The molecule has 2 amide bonds. The molecular weight excluding hydrogens is 432 g/mol. The van der Waals surface area contributed by atoms with Crippen LogP contribution in [0.1, 0.15) is 62.5 Å². The van der Waals surface area contributed by atoms with Crippen LogP contribution in [0.3, 0.4) is 0 Å². The van der Waals surface area contributed by atoms with Crippen molar-refractivity contribution >= 4 is 18.0 Å². The van der Waals surface area contributed by atoms with Crippen molar-refractivity contribution in [3.8, 4) is 11.1 Å². The fourth-order valence-corrected chi connectivity index (χ4v) is 4.82. The number of fused-ring (bicyclic) bond motifs is 3. The molecule has 7 heteroatoms. The average molecular weight is 465 g/mol. The number of nitrogens with one attached hydrogen (secondary N) is 1. The van der Waals surface area contributed by atoms with Crippen LogP contribution in [0.4, 0.5) is 4.79 Å². The van der Waals surface area contributed by atoms with Gasteiger partial charge in [-0.15, -0.1) is 0 Å². The van der Waals surface area contributed by atoms with E-state index >= 15 is 0 Å². The van der Waals surface area contributed by atoms with Crippen molar-refractivity contribution in [1.82, 2.24) is 10.2 Å². The van der Waals surface area contributed by atoms with Crippen LogP contribution in [0.25, 0.3) is 11.1 Å². The van der Waals surface area contributed by atoms with Gasteiger partial charge in [0, 0.05) is 31.0 Å². The van der Waals surface area contributed by atoms with Gasteiger partial charge >= 0.3 is 12.1 Å². The summed E-state index contributed by atoms with van der Waals surface area (Å²) in [5.74, 6) is -1.05. The van der Waals surface area contributed by atoms with Crippen LogP contribution in [-0.4, -0.2) is 53.2 Å². The largest absolute Gasteiger partial charge is 0.481 e. The first kappa shape index (κ1) is 23.8. The smallest absolute Gasteiger partial charge is 0.407 e. The van der Waals surface area contributed by atoms with Gasteiger partial charge in [0.05, 0.1) is 6.42 Å². The summed E-state index contributed by atoms with van der Waals surface area (Å²) in [5.41, 5.74) is 4.64. The molecule has 0 unspecified atom stereocenters. The Bertz CT molecular complexity index is 1000. The molecule has 7 nitrogen and oxygen atoms in total. The van der Waals surface area contributed by atoms with Crippen molar-refractivity contribution in [1.29, 1.82) is 0 Å². The molecule has 2 aromatic carbocycles. The van der Waals surface area contributed by atoms with E-state index in [-0.39, 0.29) is 49.9 Å². The van der Waals surface area contributed by atoms with E-state index in [0.717, 1.165) is 30.4 Å². The number of amides is 2. The average Bonchev–Trinajstić information content (AvgIpc) is 3.60. The molecule has 0 radical (unpaired) electrons. The van der Waals surface area contributed by atoms with Crippen LogP contribution in [0, 0.1) is 0 Å². The second kappa shape index (κ2) is 10.7. The lowest BCUT2D eigenvalue weighted by Gasteiger charge is -2.25. The third kappa shape index (κ3) is 5.58. The molecule has 0 saturated heterocycles. The van der Waals surface area contributed by atoms with Gasteiger partial charge in [-0.1, -0.05) is 61.9 Å². The van der Waals surface area contributed by atoms with Crippen molar-refractivity contribution in [2.45, 2.75) is 63.5 Å². The van der Waals surface area contributed by atoms with Gasteiger partial charge in [0.2, 0.25) is 5.91 Å². The quantitative estimate of drug-likeness (QED) is 0.509. The Balaban J connectivity index is 1.35.